The van der Waals surface area contributed by atoms with Crippen molar-refractivity contribution in [1.82, 2.24) is 0 Å². The molecule has 2 N–H and O–H groups in total. The first-order chi connectivity index (χ1) is 14.8. The van der Waals surface area contributed by atoms with E-state index in [0.717, 1.165) is 28.1 Å². The molecular weight excluding hydrogens is 386 g/mol. The monoisotopic (exact) mass is 411 g/mol. The average molecular weight is 412 g/mol. The molecule has 2 nitrogen and oxygen atoms in total. The topological polar surface area (TPSA) is 35.2 Å². The summed E-state index contributed by atoms with van der Waals surface area (Å²) in [5.74, 6) is 0.845. The molecule has 30 heavy (non-hydrogen) atoms. The van der Waals surface area contributed by atoms with E-state index in [4.69, 9.17) is 10.5 Å². The Hall–Kier alpha value is -3.01. The highest BCUT2D eigenvalue weighted by Crippen LogP contribution is 2.40. The highest BCUT2D eigenvalue weighted by Gasteiger charge is 2.37. The van der Waals surface area contributed by atoms with Gasteiger partial charge in [0.2, 0.25) is 0 Å². The van der Waals surface area contributed by atoms with Gasteiger partial charge in [0.1, 0.15) is 5.60 Å². The van der Waals surface area contributed by atoms with Crippen LogP contribution in [-0.4, -0.2) is 12.4 Å². The van der Waals surface area contributed by atoms with E-state index in [1.54, 1.807) is 11.8 Å². The number of ether oxygens (including phenoxy) is 1. The number of thioether (sulfide) groups is 1. The molecule has 0 aliphatic heterocycles. The van der Waals surface area contributed by atoms with Gasteiger partial charge in [-0.05, 0) is 41.0 Å². The molecule has 3 heteroatoms. The van der Waals surface area contributed by atoms with Crippen molar-refractivity contribution in [2.75, 3.05) is 18.1 Å². The Bertz CT molecular complexity index is 938. The van der Waals surface area contributed by atoms with Gasteiger partial charge in [-0.1, -0.05) is 91.0 Å². The van der Waals surface area contributed by atoms with Crippen LogP contribution in [0.15, 0.2) is 120 Å². The zero-order chi connectivity index (χ0) is 20.7. The Morgan fingerprint density at radius 2 is 1.03 bits per heavy atom. The van der Waals surface area contributed by atoms with Crippen LogP contribution < -0.4 is 5.73 Å². The zero-order valence-electron chi connectivity index (χ0n) is 16.8. The minimum Gasteiger partial charge on any atom is -0.399 e. The standard InChI is InChI=1S/C27H25NOS/c28-25-16-18-26(19-17-25)30-21-20-29-27(22-10-4-1-5-11-22,23-12-6-2-7-13-23)24-14-8-3-9-15-24/h1-19H,20-21,28H2. The fraction of sp³-hybridized carbons (Fsp3) is 0.111. The lowest BCUT2D eigenvalue weighted by molar-refractivity contribution is 0.0233. The summed E-state index contributed by atoms with van der Waals surface area (Å²) in [4.78, 5) is 1.19. The van der Waals surface area contributed by atoms with Crippen LogP contribution in [0.5, 0.6) is 0 Å². The minimum atomic E-state index is -0.661. The van der Waals surface area contributed by atoms with Crippen molar-refractivity contribution in [3.05, 3.63) is 132 Å². The first-order valence-electron chi connectivity index (χ1n) is 10.1. The number of benzene rings is 4. The smallest absolute Gasteiger partial charge is 0.143 e. The number of hydrogen-bond donors (Lipinski definition) is 1. The molecule has 0 aliphatic rings. The lowest BCUT2D eigenvalue weighted by Crippen LogP contribution is -2.33. The predicted molar refractivity (Wildman–Crippen MR) is 127 cm³/mol. The summed E-state index contributed by atoms with van der Waals surface area (Å²) in [6.07, 6.45) is 0. The summed E-state index contributed by atoms with van der Waals surface area (Å²) in [6, 6.07) is 39.4. The van der Waals surface area contributed by atoms with E-state index in [2.05, 4.69) is 84.9 Å². The van der Waals surface area contributed by atoms with Crippen LogP contribution in [0.2, 0.25) is 0 Å². The van der Waals surface area contributed by atoms with Gasteiger partial charge in [0.05, 0.1) is 6.61 Å². The van der Waals surface area contributed by atoms with Crippen LogP contribution in [0.1, 0.15) is 16.7 Å². The maximum atomic E-state index is 6.79. The summed E-state index contributed by atoms with van der Waals surface area (Å²) >= 11 is 1.77. The summed E-state index contributed by atoms with van der Waals surface area (Å²) < 4.78 is 6.79. The average Bonchev–Trinajstić information content (AvgIpc) is 2.82. The van der Waals surface area contributed by atoms with Crippen LogP contribution in [-0.2, 0) is 10.3 Å². The maximum absolute atomic E-state index is 6.79. The van der Waals surface area contributed by atoms with Crippen molar-refractivity contribution in [1.29, 1.82) is 0 Å². The van der Waals surface area contributed by atoms with Crippen molar-refractivity contribution in [3.63, 3.8) is 0 Å². The van der Waals surface area contributed by atoms with E-state index in [-0.39, 0.29) is 0 Å². The molecule has 0 fully saturated rings. The molecule has 4 rings (SSSR count). The van der Waals surface area contributed by atoms with Crippen molar-refractivity contribution in [2.24, 2.45) is 0 Å². The van der Waals surface area contributed by atoms with Gasteiger partial charge in [-0.15, -0.1) is 11.8 Å². The van der Waals surface area contributed by atoms with Gasteiger partial charge in [-0.2, -0.15) is 0 Å². The van der Waals surface area contributed by atoms with Crippen molar-refractivity contribution in [3.8, 4) is 0 Å². The normalized spacial score (nSPS) is 11.3. The largest absolute Gasteiger partial charge is 0.399 e. The van der Waals surface area contributed by atoms with Gasteiger partial charge < -0.3 is 10.5 Å². The second-order valence-corrected chi connectivity index (χ2v) is 8.21. The molecule has 150 valence electrons. The Labute approximate surface area is 182 Å². The fourth-order valence-corrected chi connectivity index (χ4v) is 4.42. The third kappa shape index (κ3) is 4.43. The number of nitrogen functional groups attached to an aromatic ring is 1. The summed E-state index contributed by atoms with van der Waals surface area (Å²) in [6.45, 7) is 0.605. The van der Waals surface area contributed by atoms with Crippen LogP contribution in [0.3, 0.4) is 0 Å². The quantitative estimate of drug-likeness (QED) is 0.158. The third-order valence-electron chi connectivity index (χ3n) is 5.09. The van der Waals surface area contributed by atoms with Crippen molar-refractivity contribution in [2.45, 2.75) is 10.5 Å². The highest BCUT2D eigenvalue weighted by atomic mass is 32.2. The number of nitrogens with two attached hydrogens (primary N) is 1. The Balaban J connectivity index is 1.67. The summed E-state index contributed by atoms with van der Waals surface area (Å²) in [7, 11) is 0. The molecule has 0 spiro atoms. The molecule has 0 bridgehead atoms. The van der Waals surface area contributed by atoms with E-state index < -0.39 is 5.60 Å². The van der Waals surface area contributed by atoms with E-state index in [1.807, 2.05) is 30.3 Å². The van der Waals surface area contributed by atoms with Crippen LogP contribution in [0, 0.1) is 0 Å². The molecule has 0 atom stereocenters. The molecule has 4 aromatic carbocycles. The van der Waals surface area contributed by atoms with Gasteiger partial charge in [0, 0.05) is 16.3 Å². The second-order valence-electron chi connectivity index (χ2n) is 7.05. The molecule has 0 saturated heterocycles. The van der Waals surface area contributed by atoms with Gasteiger partial charge in [0.15, 0.2) is 0 Å². The molecule has 0 radical (unpaired) electrons. The van der Waals surface area contributed by atoms with Crippen LogP contribution in [0.4, 0.5) is 5.69 Å². The molecule has 4 aromatic rings. The first kappa shape index (κ1) is 20.3. The van der Waals surface area contributed by atoms with E-state index in [1.165, 1.54) is 4.90 Å². The molecular formula is C27H25NOS. The van der Waals surface area contributed by atoms with Gasteiger partial charge in [-0.3, -0.25) is 0 Å². The number of rotatable bonds is 8. The minimum absolute atomic E-state index is 0.605. The van der Waals surface area contributed by atoms with Crippen LogP contribution >= 0.6 is 11.8 Å². The first-order valence-corrected chi connectivity index (χ1v) is 11.1. The number of hydrogen-bond acceptors (Lipinski definition) is 3. The summed E-state index contributed by atoms with van der Waals surface area (Å²) in [5, 5.41) is 0. The Morgan fingerprint density at radius 1 is 0.600 bits per heavy atom. The van der Waals surface area contributed by atoms with Gasteiger partial charge in [-0.25, -0.2) is 0 Å². The predicted octanol–water partition coefficient (Wildman–Crippen LogP) is 6.37. The second kappa shape index (κ2) is 9.66. The van der Waals surface area contributed by atoms with Crippen molar-refractivity contribution >= 4 is 17.4 Å². The van der Waals surface area contributed by atoms with Gasteiger partial charge >= 0.3 is 0 Å². The molecule has 0 heterocycles. The lowest BCUT2D eigenvalue weighted by Gasteiger charge is -2.36. The van der Waals surface area contributed by atoms with Gasteiger partial charge in [0.25, 0.3) is 0 Å². The Kier molecular flexibility index (Phi) is 6.53. The summed E-state index contributed by atoms with van der Waals surface area (Å²) in [5.41, 5.74) is 9.30. The molecule has 0 aromatic heterocycles. The molecule has 0 aliphatic carbocycles. The fourth-order valence-electron chi connectivity index (χ4n) is 3.69. The van der Waals surface area contributed by atoms with Crippen molar-refractivity contribution < 1.29 is 4.74 Å². The third-order valence-corrected chi connectivity index (χ3v) is 6.07. The lowest BCUT2D eigenvalue weighted by atomic mass is 9.80. The molecule has 0 amide bonds. The number of anilines is 1. The molecule has 0 unspecified atom stereocenters. The SMILES string of the molecule is Nc1ccc(SCCOC(c2ccccc2)(c2ccccc2)c2ccccc2)cc1. The van der Waals surface area contributed by atoms with E-state index in [9.17, 15) is 0 Å². The zero-order valence-corrected chi connectivity index (χ0v) is 17.6. The maximum Gasteiger partial charge on any atom is 0.143 e. The molecule has 0 saturated carbocycles. The van der Waals surface area contributed by atoms with E-state index >= 15 is 0 Å². The highest BCUT2D eigenvalue weighted by molar-refractivity contribution is 7.99. The van der Waals surface area contributed by atoms with E-state index in [0.29, 0.717) is 6.61 Å². The van der Waals surface area contributed by atoms with Crippen LogP contribution in [0.25, 0.3) is 0 Å². The Morgan fingerprint density at radius 3 is 1.47 bits per heavy atom.